The number of furan rings is 1. The third kappa shape index (κ3) is 4.37. The van der Waals surface area contributed by atoms with E-state index in [0.717, 1.165) is 23.1 Å². The molecule has 0 aliphatic carbocycles. The van der Waals surface area contributed by atoms with Crippen molar-refractivity contribution < 1.29 is 18.7 Å². The minimum absolute atomic E-state index is 0.222. The molecule has 2 aromatic heterocycles. The van der Waals surface area contributed by atoms with Crippen LogP contribution in [-0.2, 0) is 28.9 Å². The number of carbonyl (C=O) groups excluding carboxylic acids is 2. The quantitative estimate of drug-likeness (QED) is 0.476. The number of nitrogens with zero attached hydrogens (tertiary/aromatic N) is 2. The van der Waals surface area contributed by atoms with Gasteiger partial charge < -0.3 is 14.1 Å². The number of carbonyl (C=O) groups is 2. The van der Waals surface area contributed by atoms with Gasteiger partial charge in [0.2, 0.25) is 0 Å². The average Bonchev–Trinajstić information content (AvgIpc) is 3.31. The second kappa shape index (κ2) is 8.73. The van der Waals surface area contributed by atoms with E-state index in [9.17, 15) is 9.59 Å². The van der Waals surface area contributed by atoms with Crippen molar-refractivity contribution in [3.63, 3.8) is 0 Å². The molecular weight excluding hydrogens is 368 g/mol. The normalized spacial score (nSPS) is 15.6. The molecule has 0 fully saturated rings. The first-order valence-electron chi connectivity index (χ1n) is 9.69. The number of benzene rings is 1. The molecule has 1 unspecified atom stereocenters. The summed E-state index contributed by atoms with van der Waals surface area (Å²) >= 11 is 0. The van der Waals surface area contributed by atoms with E-state index in [1.807, 2.05) is 36.4 Å². The Hall–Kier alpha value is -3.41. The lowest BCUT2D eigenvalue weighted by Gasteiger charge is -2.34. The molecule has 1 atom stereocenters. The Balaban J connectivity index is 1.43. The molecule has 4 rings (SSSR count). The molecule has 3 aromatic rings. The molecule has 1 aliphatic rings. The van der Waals surface area contributed by atoms with Crippen molar-refractivity contribution in [2.45, 2.75) is 31.8 Å². The van der Waals surface area contributed by atoms with Crippen molar-refractivity contribution in [1.29, 1.82) is 0 Å². The lowest BCUT2D eigenvalue weighted by Crippen LogP contribution is -2.49. The van der Waals surface area contributed by atoms with Crippen molar-refractivity contribution in [2.75, 3.05) is 6.61 Å². The van der Waals surface area contributed by atoms with Gasteiger partial charge in [-0.05, 0) is 53.8 Å². The van der Waals surface area contributed by atoms with E-state index in [1.54, 1.807) is 29.4 Å². The van der Waals surface area contributed by atoms with Crippen LogP contribution in [0.1, 0.15) is 33.7 Å². The number of hydrogen-bond acceptors (Lipinski definition) is 5. The van der Waals surface area contributed by atoms with E-state index >= 15 is 0 Å². The SMILES string of the molecule is O=C(OCCCc1ccncc1)C1Cc2ccccc2CN1C(=O)c1ccco1. The van der Waals surface area contributed by atoms with Crippen LogP contribution in [0.3, 0.4) is 0 Å². The summed E-state index contributed by atoms with van der Waals surface area (Å²) < 4.78 is 10.8. The molecule has 0 N–H and O–H groups in total. The molecule has 1 aromatic carbocycles. The van der Waals surface area contributed by atoms with Gasteiger partial charge in [0.05, 0.1) is 12.9 Å². The van der Waals surface area contributed by atoms with E-state index in [2.05, 4.69) is 4.98 Å². The molecule has 148 valence electrons. The lowest BCUT2D eigenvalue weighted by atomic mass is 9.93. The van der Waals surface area contributed by atoms with Crippen LogP contribution in [0, 0.1) is 0 Å². The zero-order valence-electron chi connectivity index (χ0n) is 16.0. The molecule has 3 heterocycles. The second-order valence-electron chi connectivity index (χ2n) is 7.03. The molecule has 29 heavy (non-hydrogen) atoms. The fraction of sp³-hybridized carbons (Fsp3) is 0.261. The van der Waals surface area contributed by atoms with Gasteiger partial charge in [-0.15, -0.1) is 0 Å². The summed E-state index contributed by atoms with van der Waals surface area (Å²) in [5, 5.41) is 0. The molecule has 0 saturated carbocycles. The highest BCUT2D eigenvalue weighted by molar-refractivity contribution is 5.95. The van der Waals surface area contributed by atoms with Gasteiger partial charge in [0.1, 0.15) is 6.04 Å². The maximum Gasteiger partial charge on any atom is 0.329 e. The average molecular weight is 390 g/mol. The number of rotatable bonds is 6. The molecule has 0 bridgehead atoms. The largest absolute Gasteiger partial charge is 0.464 e. The van der Waals surface area contributed by atoms with Gasteiger partial charge in [-0.3, -0.25) is 9.78 Å². The summed E-state index contributed by atoms with van der Waals surface area (Å²) in [5.41, 5.74) is 3.25. The van der Waals surface area contributed by atoms with Crippen LogP contribution in [0.15, 0.2) is 71.6 Å². The Morgan fingerprint density at radius 1 is 1.07 bits per heavy atom. The second-order valence-corrected chi connectivity index (χ2v) is 7.03. The van der Waals surface area contributed by atoms with Crippen molar-refractivity contribution >= 4 is 11.9 Å². The third-order valence-corrected chi connectivity index (χ3v) is 5.12. The summed E-state index contributed by atoms with van der Waals surface area (Å²) in [5.74, 6) is -0.461. The number of amides is 1. The zero-order valence-corrected chi connectivity index (χ0v) is 16.0. The summed E-state index contributed by atoms with van der Waals surface area (Å²) in [6.45, 7) is 0.661. The number of aromatic nitrogens is 1. The van der Waals surface area contributed by atoms with Gasteiger partial charge in [-0.1, -0.05) is 24.3 Å². The number of aryl methyl sites for hydroxylation is 1. The van der Waals surface area contributed by atoms with Crippen LogP contribution in [-0.4, -0.2) is 34.4 Å². The number of esters is 1. The first kappa shape index (κ1) is 18.9. The minimum atomic E-state index is -0.663. The summed E-state index contributed by atoms with van der Waals surface area (Å²) in [6, 6.07) is 14.4. The Morgan fingerprint density at radius 2 is 1.86 bits per heavy atom. The Labute approximate surface area is 169 Å². The Morgan fingerprint density at radius 3 is 2.62 bits per heavy atom. The lowest BCUT2D eigenvalue weighted by molar-refractivity contribution is -0.149. The molecule has 0 saturated heterocycles. The third-order valence-electron chi connectivity index (χ3n) is 5.12. The smallest absolute Gasteiger partial charge is 0.329 e. The maximum atomic E-state index is 12.9. The first-order valence-corrected chi connectivity index (χ1v) is 9.69. The van der Waals surface area contributed by atoms with Crippen LogP contribution in [0.4, 0.5) is 0 Å². The molecule has 1 amide bonds. The van der Waals surface area contributed by atoms with Crippen LogP contribution in [0.25, 0.3) is 0 Å². The maximum absolute atomic E-state index is 12.9. The van der Waals surface area contributed by atoms with Gasteiger partial charge in [0, 0.05) is 25.4 Å². The van der Waals surface area contributed by atoms with E-state index in [-0.39, 0.29) is 17.6 Å². The minimum Gasteiger partial charge on any atom is -0.464 e. The van der Waals surface area contributed by atoms with E-state index < -0.39 is 6.04 Å². The van der Waals surface area contributed by atoms with Crippen LogP contribution in [0.5, 0.6) is 0 Å². The van der Waals surface area contributed by atoms with E-state index in [4.69, 9.17) is 9.15 Å². The Kier molecular flexibility index (Phi) is 5.70. The van der Waals surface area contributed by atoms with Crippen molar-refractivity contribution in [3.05, 3.63) is 89.6 Å². The van der Waals surface area contributed by atoms with Gasteiger partial charge >= 0.3 is 5.97 Å². The van der Waals surface area contributed by atoms with Crippen LogP contribution < -0.4 is 0 Å². The fourth-order valence-electron chi connectivity index (χ4n) is 3.58. The predicted octanol–water partition coefficient (Wildman–Crippen LogP) is 3.42. The van der Waals surface area contributed by atoms with Gasteiger partial charge in [-0.25, -0.2) is 4.79 Å². The zero-order chi connectivity index (χ0) is 20.1. The number of fused-ring (bicyclic) bond motifs is 1. The van der Waals surface area contributed by atoms with E-state index in [1.165, 1.54) is 6.26 Å². The molecule has 1 aliphatic heterocycles. The number of ether oxygens (including phenoxy) is 1. The summed E-state index contributed by atoms with van der Waals surface area (Å²) in [7, 11) is 0. The number of pyridine rings is 1. The van der Waals surface area contributed by atoms with Gasteiger partial charge in [0.25, 0.3) is 5.91 Å². The standard InChI is InChI=1S/C23H22N2O4/c26-22(21-8-4-13-28-21)25-16-19-7-2-1-6-18(19)15-20(25)23(27)29-14-3-5-17-9-11-24-12-10-17/h1-2,4,6-13,20H,3,5,14-16H2. The first-order chi connectivity index (χ1) is 14.2. The molecule has 0 radical (unpaired) electrons. The molecule has 6 nitrogen and oxygen atoms in total. The highest BCUT2D eigenvalue weighted by Gasteiger charge is 2.36. The topological polar surface area (TPSA) is 72.6 Å². The van der Waals surface area contributed by atoms with Gasteiger partial charge in [-0.2, -0.15) is 0 Å². The highest BCUT2D eigenvalue weighted by Crippen LogP contribution is 2.26. The van der Waals surface area contributed by atoms with Crippen molar-refractivity contribution in [2.24, 2.45) is 0 Å². The van der Waals surface area contributed by atoms with Gasteiger partial charge in [0.15, 0.2) is 5.76 Å². The van der Waals surface area contributed by atoms with Crippen molar-refractivity contribution in [1.82, 2.24) is 9.88 Å². The van der Waals surface area contributed by atoms with Crippen LogP contribution >= 0.6 is 0 Å². The number of hydrogen-bond donors (Lipinski definition) is 0. The highest BCUT2D eigenvalue weighted by atomic mass is 16.5. The van der Waals surface area contributed by atoms with Crippen LogP contribution in [0.2, 0.25) is 0 Å². The monoisotopic (exact) mass is 390 g/mol. The summed E-state index contributed by atoms with van der Waals surface area (Å²) in [4.78, 5) is 31.3. The molecule has 0 spiro atoms. The van der Waals surface area contributed by atoms with Crippen molar-refractivity contribution in [3.8, 4) is 0 Å². The Bertz CT molecular complexity index is 970. The predicted molar refractivity (Wildman–Crippen MR) is 106 cm³/mol. The fourth-order valence-corrected chi connectivity index (χ4v) is 3.58. The summed E-state index contributed by atoms with van der Waals surface area (Å²) in [6.07, 6.45) is 6.91. The molecular formula is C23H22N2O4. The molecule has 6 heteroatoms. The van der Waals surface area contributed by atoms with E-state index in [0.29, 0.717) is 26.0 Å².